The van der Waals surface area contributed by atoms with Crippen molar-refractivity contribution in [3.05, 3.63) is 0 Å². The molecule has 2 aliphatic heterocycles. The maximum absolute atomic E-state index is 11.6. The second kappa shape index (κ2) is 3.59. The number of thioether (sulfide) groups is 1. The molecule has 4 nitrogen and oxygen atoms in total. The van der Waals surface area contributed by atoms with Crippen LogP contribution in [0.15, 0.2) is 0 Å². The lowest BCUT2D eigenvalue weighted by molar-refractivity contribution is -0.155. The normalized spacial score (nSPS) is 38.5. The summed E-state index contributed by atoms with van der Waals surface area (Å²) in [4.78, 5) is 24.6. The van der Waals surface area contributed by atoms with Crippen LogP contribution in [0.4, 0.5) is 0 Å². The van der Waals surface area contributed by atoms with Crippen LogP contribution in [0, 0.1) is 0 Å². The van der Waals surface area contributed by atoms with Gasteiger partial charge in [0.25, 0.3) is 0 Å². The first-order valence-corrected chi connectivity index (χ1v) is 6.07. The average molecular weight is 248 g/mol. The Morgan fingerprint density at radius 1 is 1.87 bits per heavy atom. The molecule has 1 unspecified atom stereocenters. The van der Waals surface area contributed by atoms with E-state index in [-0.39, 0.29) is 17.3 Å². The van der Waals surface area contributed by atoms with Crippen LogP contribution >= 0.6 is 23.4 Å². The monoisotopic (exact) mass is 247 g/mol. The van der Waals surface area contributed by atoms with Crippen molar-refractivity contribution < 1.29 is 14.2 Å². The molecule has 0 aliphatic carbocycles. The van der Waals surface area contributed by atoms with Crippen LogP contribution < -0.4 is 0 Å². The molecule has 0 bridgehead atoms. The highest BCUT2D eigenvalue weighted by Gasteiger charge is 2.60. The number of rotatable bonds is 2. The van der Waals surface area contributed by atoms with E-state index in [0.29, 0.717) is 12.3 Å². The molecule has 0 saturated carbocycles. The Labute approximate surface area is 98.1 Å². The van der Waals surface area contributed by atoms with Gasteiger partial charge in [0.15, 0.2) is 0 Å². The third-order valence-corrected chi connectivity index (χ3v) is 5.18. The first kappa shape index (κ1) is 11.1. The predicted octanol–water partition coefficient (Wildman–Crippen LogP) is -0.251. The van der Waals surface area contributed by atoms with Crippen LogP contribution in [0.1, 0.15) is 13.3 Å². The van der Waals surface area contributed by atoms with E-state index < -0.39 is 10.8 Å². The van der Waals surface area contributed by atoms with Crippen molar-refractivity contribution >= 4 is 43.3 Å². The van der Waals surface area contributed by atoms with Crippen LogP contribution in [0.5, 0.6) is 0 Å². The van der Waals surface area contributed by atoms with Gasteiger partial charge in [-0.1, -0.05) is 0 Å². The van der Waals surface area contributed by atoms with Gasteiger partial charge >= 0.3 is 14.0 Å². The zero-order chi connectivity index (χ0) is 11.2. The Morgan fingerprint density at radius 2 is 2.53 bits per heavy atom. The molecule has 7 heteroatoms. The third-order valence-electron chi connectivity index (χ3n) is 2.90. The Balaban J connectivity index is 2.28. The van der Waals surface area contributed by atoms with E-state index in [1.165, 1.54) is 8.05 Å². The van der Waals surface area contributed by atoms with Crippen molar-refractivity contribution in [3.63, 3.8) is 0 Å². The van der Waals surface area contributed by atoms with Crippen molar-refractivity contribution in [2.24, 2.45) is 0 Å². The van der Waals surface area contributed by atoms with E-state index in [2.05, 4.69) is 0 Å². The highest BCUT2D eigenvalue weighted by Crippen LogP contribution is 2.51. The molecule has 82 valence electrons. The summed E-state index contributed by atoms with van der Waals surface area (Å²) in [5, 5.41) is 0.102. The fourth-order valence-corrected chi connectivity index (χ4v) is 4.00. The first-order chi connectivity index (χ1) is 7.03. The van der Waals surface area contributed by atoms with Gasteiger partial charge in [-0.3, -0.25) is 9.59 Å². The smallest absolute Gasteiger partial charge is 0.326 e. The van der Waals surface area contributed by atoms with Crippen LogP contribution in [0.3, 0.4) is 0 Å². The zero-order valence-electron chi connectivity index (χ0n) is 8.53. The van der Waals surface area contributed by atoms with Gasteiger partial charge in [-0.15, -0.1) is 23.4 Å². The predicted molar refractivity (Wildman–Crippen MR) is 60.4 cm³/mol. The Hall–Kier alpha value is -0.355. The number of carbonyl (C=O) groups is 2. The molecule has 0 aromatic carbocycles. The molecule has 0 N–H and O–H groups in total. The SMILES string of the molecule is BOC(=O)[C@@H]1N2C(=O)CC2S[C@@]1(C)CCl. The van der Waals surface area contributed by atoms with E-state index in [0.717, 1.165) is 0 Å². The van der Waals surface area contributed by atoms with Gasteiger partial charge in [-0.25, -0.2) is 0 Å². The van der Waals surface area contributed by atoms with Crippen molar-refractivity contribution in [2.45, 2.75) is 29.5 Å². The number of nitrogens with zero attached hydrogens (tertiary/aromatic N) is 1. The topological polar surface area (TPSA) is 46.6 Å². The Bertz CT molecular complexity index is 329. The summed E-state index contributed by atoms with van der Waals surface area (Å²) < 4.78 is 4.30. The lowest BCUT2D eigenvalue weighted by Gasteiger charge is -2.37. The largest absolute Gasteiger partial charge is 0.542 e. The van der Waals surface area contributed by atoms with Gasteiger partial charge in [0.05, 0.1) is 16.5 Å². The average Bonchev–Trinajstić information content (AvgIpc) is 2.46. The van der Waals surface area contributed by atoms with E-state index >= 15 is 0 Å². The number of hydrogen-bond donors (Lipinski definition) is 0. The van der Waals surface area contributed by atoms with Gasteiger partial charge in [0, 0.05) is 5.88 Å². The number of halogens is 1. The number of amides is 1. The summed E-state index contributed by atoms with van der Waals surface area (Å²) in [6, 6.07) is -0.531. The molecule has 2 aliphatic rings. The third kappa shape index (κ3) is 1.46. The molecule has 15 heavy (non-hydrogen) atoms. The summed E-state index contributed by atoms with van der Waals surface area (Å²) in [5.41, 5.74) is 0. The number of fused-ring (bicyclic) bond motifs is 1. The maximum atomic E-state index is 11.6. The van der Waals surface area contributed by atoms with E-state index in [1.54, 1.807) is 16.7 Å². The fraction of sp³-hybridized carbons (Fsp3) is 0.750. The van der Waals surface area contributed by atoms with Crippen LogP contribution in [0.25, 0.3) is 0 Å². The molecule has 0 radical (unpaired) electrons. The van der Waals surface area contributed by atoms with Gasteiger partial charge in [-0.2, -0.15) is 0 Å². The quantitative estimate of drug-likeness (QED) is 0.383. The van der Waals surface area contributed by atoms with Crippen molar-refractivity contribution in [2.75, 3.05) is 5.88 Å². The second-order valence-corrected chi connectivity index (χ2v) is 5.93. The molecule has 0 aromatic heterocycles. The van der Waals surface area contributed by atoms with Crippen molar-refractivity contribution in [1.82, 2.24) is 4.90 Å². The highest BCUT2D eigenvalue weighted by atomic mass is 35.5. The lowest BCUT2D eigenvalue weighted by Crippen LogP contribution is -2.58. The molecular weight excluding hydrogens is 236 g/mol. The van der Waals surface area contributed by atoms with Crippen molar-refractivity contribution in [3.8, 4) is 0 Å². The molecule has 0 spiro atoms. The second-order valence-electron chi connectivity index (χ2n) is 3.95. The molecule has 0 aromatic rings. The molecule has 3 atom stereocenters. The number of hydrogen-bond acceptors (Lipinski definition) is 4. The molecule has 2 fully saturated rings. The minimum absolute atomic E-state index is 0.0109. The van der Waals surface area contributed by atoms with Gasteiger partial charge < -0.3 is 9.55 Å². The van der Waals surface area contributed by atoms with Gasteiger partial charge in [-0.05, 0) is 6.92 Å². The van der Waals surface area contributed by atoms with Gasteiger partial charge in [0.1, 0.15) is 6.04 Å². The number of β-lactam (4-membered cyclic amide) rings is 1. The minimum atomic E-state index is -0.531. The van der Waals surface area contributed by atoms with Crippen molar-refractivity contribution in [1.29, 1.82) is 0 Å². The van der Waals surface area contributed by atoms with Crippen LogP contribution in [-0.2, 0) is 14.2 Å². The molecule has 2 saturated heterocycles. The van der Waals surface area contributed by atoms with Crippen LogP contribution in [-0.4, -0.2) is 46.9 Å². The highest BCUT2D eigenvalue weighted by molar-refractivity contribution is 8.01. The maximum Gasteiger partial charge on any atom is 0.326 e. The summed E-state index contributed by atoms with van der Waals surface area (Å²) in [6.45, 7) is 1.90. The van der Waals surface area contributed by atoms with E-state index in [1.807, 2.05) is 6.92 Å². The molecule has 2 heterocycles. The standard InChI is InChI=1S/C8H11BClNO3S/c1-8(3-10)6(7(13)14-9)11-4(12)2-5(11)15-8/h5-6H,2-3,9H2,1H3/t5?,6-,8-/m0/s1. The summed E-state index contributed by atoms with van der Waals surface area (Å²) in [5.74, 6) is -0.0320. The lowest BCUT2D eigenvalue weighted by atomic mass is 9.98. The van der Waals surface area contributed by atoms with Crippen LogP contribution in [0.2, 0.25) is 0 Å². The summed E-state index contributed by atoms with van der Waals surface area (Å²) in [7, 11) is 1.33. The van der Waals surface area contributed by atoms with Gasteiger partial charge in [0.2, 0.25) is 5.91 Å². The molecule has 1 amide bonds. The number of alkyl halides is 1. The summed E-state index contributed by atoms with van der Waals surface area (Å²) in [6.07, 6.45) is 0.505. The Morgan fingerprint density at radius 3 is 3.00 bits per heavy atom. The first-order valence-electron chi connectivity index (χ1n) is 4.66. The fourth-order valence-electron chi connectivity index (χ4n) is 2.06. The number of carbonyl (C=O) groups excluding carboxylic acids is 2. The summed E-state index contributed by atoms with van der Waals surface area (Å²) >= 11 is 7.47. The zero-order valence-corrected chi connectivity index (χ0v) is 10.1. The minimum Gasteiger partial charge on any atom is -0.542 e. The van der Waals surface area contributed by atoms with E-state index in [4.69, 9.17) is 16.3 Å². The Kier molecular flexibility index (Phi) is 2.67. The molecule has 2 rings (SSSR count). The van der Waals surface area contributed by atoms with E-state index in [9.17, 15) is 9.59 Å². The molecular formula is C8H11BClNO3S.